The lowest BCUT2D eigenvalue weighted by atomic mass is 10.0. The number of carbonyl (C=O) groups is 2. The number of hydrogen-bond donors (Lipinski definition) is 1. The van der Waals surface area contributed by atoms with Crippen LogP contribution >= 0.6 is 0 Å². The zero-order valence-corrected chi connectivity index (χ0v) is 11.6. The molecular formula is C16H17NO3. The molecule has 1 aromatic carbocycles. The van der Waals surface area contributed by atoms with E-state index in [9.17, 15) is 14.8 Å². The Morgan fingerprint density at radius 1 is 1.30 bits per heavy atom. The quantitative estimate of drug-likeness (QED) is 0.516. The van der Waals surface area contributed by atoms with Gasteiger partial charge in [0.15, 0.2) is 6.29 Å². The number of hydrogen-bond acceptors (Lipinski definition) is 3. The van der Waals surface area contributed by atoms with Crippen molar-refractivity contribution in [3.8, 4) is 0 Å². The van der Waals surface area contributed by atoms with Crippen LogP contribution in [-0.4, -0.2) is 22.0 Å². The molecule has 0 fully saturated rings. The lowest BCUT2D eigenvalue weighted by molar-refractivity contribution is 0.0976. The molecule has 4 heteroatoms. The van der Waals surface area contributed by atoms with Crippen LogP contribution in [0.15, 0.2) is 30.3 Å². The first-order valence-corrected chi connectivity index (χ1v) is 6.60. The Kier molecular flexibility index (Phi) is 4.03. The van der Waals surface area contributed by atoms with E-state index >= 15 is 0 Å². The largest absolute Gasteiger partial charge is 0.428 e. The van der Waals surface area contributed by atoms with Crippen molar-refractivity contribution in [2.24, 2.45) is 0 Å². The molecule has 4 nitrogen and oxygen atoms in total. The summed E-state index contributed by atoms with van der Waals surface area (Å²) >= 11 is 0. The molecule has 104 valence electrons. The zero-order chi connectivity index (χ0) is 14.7. The van der Waals surface area contributed by atoms with Gasteiger partial charge in [0, 0.05) is 11.1 Å². The number of aromatic nitrogens is 1. The van der Waals surface area contributed by atoms with Crippen molar-refractivity contribution in [1.29, 1.82) is 0 Å². The van der Waals surface area contributed by atoms with Gasteiger partial charge in [-0.05, 0) is 18.9 Å². The van der Waals surface area contributed by atoms with Crippen LogP contribution in [0.25, 0.3) is 0 Å². The van der Waals surface area contributed by atoms with Crippen molar-refractivity contribution in [2.45, 2.75) is 26.7 Å². The van der Waals surface area contributed by atoms with Crippen LogP contribution in [0.4, 0.5) is 0 Å². The first kappa shape index (κ1) is 14.1. The highest BCUT2D eigenvalue weighted by Crippen LogP contribution is 2.23. The highest BCUT2D eigenvalue weighted by atomic mass is 16.5. The topological polar surface area (TPSA) is 59.3 Å². The molecule has 0 atom stereocenters. The average molecular weight is 271 g/mol. The van der Waals surface area contributed by atoms with E-state index in [1.165, 1.54) is 0 Å². The monoisotopic (exact) mass is 271 g/mol. The first-order valence-electron chi connectivity index (χ1n) is 6.60. The Balaban J connectivity index is 2.58. The summed E-state index contributed by atoms with van der Waals surface area (Å²) in [5.41, 5.74) is 2.10. The van der Waals surface area contributed by atoms with E-state index in [1.54, 1.807) is 31.2 Å². The van der Waals surface area contributed by atoms with E-state index in [2.05, 4.69) is 0 Å². The average Bonchev–Trinajstić information content (AvgIpc) is 2.70. The molecule has 0 saturated carbocycles. The van der Waals surface area contributed by atoms with Crippen molar-refractivity contribution < 1.29 is 14.8 Å². The molecule has 0 aliphatic heterocycles. The minimum atomic E-state index is -0.281. The highest BCUT2D eigenvalue weighted by Gasteiger charge is 2.24. The Morgan fingerprint density at radius 3 is 2.50 bits per heavy atom. The normalized spacial score (nSPS) is 10.5. The predicted octanol–water partition coefficient (Wildman–Crippen LogP) is 3.03. The molecule has 0 amide bonds. The molecule has 0 aliphatic carbocycles. The second-order valence-electron chi connectivity index (χ2n) is 4.71. The number of rotatable bonds is 5. The standard InChI is InChI=1S/C16H17NO3/c1-3-7-14-13(10-18)11(2)15(17(14)20)16(19)12-8-5-4-6-9-12/h4-6,8-10,20H,3,7H2,1-2H3. The number of carbonyl (C=O) groups excluding carboxylic acids is 2. The molecule has 1 N–H and O–H groups in total. The number of nitrogens with zero attached hydrogens (tertiary/aromatic N) is 1. The second-order valence-corrected chi connectivity index (χ2v) is 4.71. The highest BCUT2D eigenvalue weighted by molar-refractivity contribution is 6.10. The molecule has 0 aliphatic rings. The summed E-state index contributed by atoms with van der Waals surface area (Å²) in [6.45, 7) is 3.64. The zero-order valence-electron chi connectivity index (χ0n) is 11.6. The Labute approximate surface area is 117 Å². The predicted molar refractivity (Wildman–Crippen MR) is 75.6 cm³/mol. The van der Waals surface area contributed by atoms with Gasteiger partial charge in [0.2, 0.25) is 5.78 Å². The lowest BCUT2D eigenvalue weighted by Gasteiger charge is -2.05. The van der Waals surface area contributed by atoms with Gasteiger partial charge in [0.1, 0.15) is 5.69 Å². The number of aldehydes is 1. The summed E-state index contributed by atoms with van der Waals surface area (Å²) in [5.74, 6) is -0.281. The third-order valence-electron chi connectivity index (χ3n) is 3.39. The van der Waals surface area contributed by atoms with E-state index in [0.29, 0.717) is 35.1 Å². The van der Waals surface area contributed by atoms with Crippen LogP contribution in [0.3, 0.4) is 0 Å². The van der Waals surface area contributed by atoms with Gasteiger partial charge in [-0.1, -0.05) is 43.7 Å². The van der Waals surface area contributed by atoms with Gasteiger partial charge in [-0.25, -0.2) is 0 Å². The van der Waals surface area contributed by atoms with Crippen LogP contribution in [-0.2, 0) is 6.42 Å². The van der Waals surface area contributed by atoms with Gasteiger partial charge < -0.3 is 5.21 Å². The van der Waals surface area contributed by atoms with Crippen LogP contribution in [0.1, 0.15) is 51.0 Å². The molecule has 1 heterocycles. The van der Waals surface area contributed by atoms with Gasteiger partial charge in [0.05, 0.1) is 5.69 Å². The van der Waals surface area contributed by atoms with Crippen LogP contribution < -0.4 is 0 Å². The van der Waals surface area contributed by atoms with Gasteiger partial charge in [-0.15, -0.1) is 0 Å². The summed E-state index contributed by atoms with van der Waals surface area (Å²) in [5, 5.41) is 10.2. The maximum Gasteiger partial charge on any atom is 0.213 e. The molecule has 0 spiro atoms. The summed E-state index contributed by atoms with van der Waals surface area (Å²) in [4.78, 5) is 23.7. The molecule has 0 unspecified atom stereocenters. The number of benzene rings is 1. The van der Waals surface area contributed by atoms with Gasteiger partial charge in [-0.2, -0.15) is 4.73 Å². The minimum absolute atomic E-state index is 0.168. The maximum atomic E-state index is 12.5. The molecule has 0 bridgehead atoms. The Morgan fingerprint density at radius 2 is 1.95 bits per heavy atom. The molecule has 20 heavy (non-hydrogen) atoms. The van der Waals surface area contributed by atoms with Crippen molar-refractivity contribution in [2.75, 3.05) is 0 Å². The smallest absolute Gasteiger partial charge is 0.213 e. The third kappa shape index (κ3) is 2.25. The van der Waals surface area contributed by atoms with Crippen LogP contribution in [0, 0.1) is 6.92 Å². The molecular weight excluding hydrogens is 254 g/mol. The van der Waals surface area contributed by atoms with Crippen molar-refractivity contribution >= 4 is 12.1 Å². The molecule has 2 rings (SSSR count). The Bertz CT molecular complexity index is 641. The SMILES string of the molecule is CCCc1c(C=O)c(C)c(C(=O)c2ccccc2)n1O. The van der Waals surface area contributed by atoms with E-state index in [1.807, 2.05) is 13.0 Å². The van der Waals surface area contributed by atoms with Crippen molar-refractivity contribution in [1.82, 2.24) is 4.73 Å². The summed E-state index contributed by atoms with van der Waals surface area (Å²) in [7, 11) is 0. The number of ketones is 1. The summed E-state index contributed by atoms with van der Waals surface area (Å²) in [6.07, 6.45) is 2.03. The van der Waals surface area contributed by atoms with Crippen LogP contribution in [0.5, 0.6) is 0 Å². The second kappa shape index (κ2) is 5.74. The first-order chi connectivity index (χ1) is 9.61. The van der Waals surface area contributed by atoms with Crippen LogP contribution in [0.2, 0.25) is 0 Å². The summed E-state index contributed by atoms with van der Waals surface area (Å²) in [6, 6.07) is 8.73. The van der Waals surface area contributed by atoms with Crippen molar-refractivity contribution in [3.63, 3.8) is 0 Å². The van der Waals surface area contributed by atoms with E-state index < -0.39 is 0 Å². The van der Waals surface area contributed by atoms with Gasteiger partial charge in [0.25, 0.3) is 0 Å². The molecule has 0 radical (unpaired) electrons. The molecule has 2 aromatic rings. The van der Waals surface area contributed by atoms with E-state index in [0.717, 1.165) is 11.2 Å². The van der Waals surface area contributed by atoms with Gasteiger partial charge in [-0.3, -0.25) is 9.59 Å². The maximum absolute atomic E-state index is 12.5. The molecule has 0 saturated heterocycles. The fraction of sp³-hybridized carbons (Fsp3) is 0.250. The van der Waals surface area contributed by atoms with Crippen molar-refractivity contribution in [3.05, 3.63) is 58.4 Å². The summed E-state index contributed by atoms with van der Waals surface area (Å²) < 4.78 is 0.873. The molecule has 1 aromatic heterocycles. The lowest BCUT2D eigenvalue weighted by Crippen LogP contribution is -2.11. The third-order valence-corrected chi connectivity index (χ3v) is 3.39. The Hall–Kier alpha value is -2.36. The van der Waals surface area contributed by atoms with E-state index in [4.69, 9.17) is 0 Å². The minimum Gasteiger partial charge on any atom is -0.428 e. The van der Waals surface area contributed by atoms with E-state index in [-0.39, 0.29) is 11.5 Å². The fourth-order valence-corrected chi connectivity index (χ4v) is 2.38. The fourth-order valence-electron chi connectivity index (χ4n) is 2.38. The van der Waals surface area contributed by atoms with Gasteiger partial charge >= 0.3 is 0 Å².